The summed E-state index contributed by atoms with van der Waals surface area (Å²) in [7, 11) is 0. The van der Waals surface area contributed by atoms with Crippen molar-refractivity contribution in [3.05, 3.63) is 50.0 Å². The number of hydrogen-bond acceptors (Lipinski definition) is 4. The molecule has 7 heteroatoms. The molecule has 2 aromatic rings. The Morgan fingerprint density at radius 1 is 1.42 bits per heavy atom. The standard InChI is InChI=1S/C12H12ClN3O2S/c13-8-2-1-3-9(4-8)15-11(17)6-14-5-10-7-19-12(18)16-10/h1-4,7,14H,5-6H2,(H,15,17)(H,16,18). The lowest BCUT2D eigenvalue weighted by molar-refractivity contribution is -0.115. The zero-order chi connectivity index (χ0) is 13.7. The Balaban J connectivity index is 1.77. The molecule has 0 atom stereocenters. The quantitative estimate of drug-likeness (QED) is 0.788. The first-order chi connectivity index (χ1) is 9.13. The molecular formula is C12H12ClN3O2S. The van der Waals surface area contributed by atoms with Crippen LogP contribution in [-0.4, -0.2) is 17.4 Å². The first-order valence-electron chi connectivity index (χ1n) is 5.56. The number of rotatable bonds is 5. The van der Waals surface area contributed by atoms with E-state index in [1.165, 1.54) is 0 Å². The number of nitrogens with one attached hydrogen (secondary N) is 3. The highest BCUT2D eigenvalue weighted by atomic mass is 35.5. The number of amides is 1. The lowest BCUT2D eigenvalue weighted by atomic mass is 10.3. The molecule has 0 saturated heterocycles. The predicted octanol–water partition coefficient (Wildman–Crippen LogP) is 1.82. The molecule has 0 spiro atoms. The number of hydrogen-bond donors (Lipinski definition) is 3. The van der Waals surface area contributed by atoms with Gasteiger partial charge in [-0.3, -0.25) is 9.59 Å². The summed E-state index contributed by atoms with van der Waals surface area (Å²) in [5.74, 6) is -0.167. The number of thiazole rings is 1. The van der Waals surface area contributed by atoms with Crippen LogP contribution in [0.1, 0.15) is 5.69 Å². The van der Waals surface area contributed by atoms with Crippen molar-refractivity contribution in [3.8, 4) is 0 Å². The van der Waals surface area contributed by atoms with Crippen molar-refractivity contribution in [2.75, 3.05) is 11.9 Å². The molecule has 3 N–H and O–H groups in total. The van der Waals surface area contributed by atoms with Gasteiger partial charge in [-0.25, -0.2) is 0 Å². The SMILES string of the molecule is O=C(CNCc1csc(=O)[nH]1)Nc1cccc(Cl)c1. The highest BCUT2D eigenvalue weighted by Gasteiger charge is 2.03. The highest BCUT2D eigenvalue weighted by Crippen LogP contribution is 2.14. The Kier molecular flexibility index (Phi) is 4.73. The van der Waals surface area contributed by atoms with Crippen LogP contribution in [0.3, 0.4) is 0 Å². The van der Waals surface area contributed by atoms with Crippen LogP contribution in [0.4, 0.5) is 5.69 Å². The van der Waals surface area contributed by atoms with E-state index in [-0.39, 0.29) is 17.3 Å². The summed E-state index contributed by atoms with van der Waals surface area (Å²) in [6.07, 6.45) is 0. The summed E-state index contributed by atoms with van der Waals surface area (Å²) in [6.45, 7) is 0.603. The van der Waals surface area contributed by atoms with Crippen molar-refractivity contribution in [2.24, 2.45) is 0 Å². The Morgan fingerprint density at radius 2 is 2.26 bits per heavy atom. The summed E-state index contributed by atoms with van der Waals surface area (Å²) >= 11 is 6.92. The first kappa shape index (κ1) is 13.8. The van der Waals surface area contributed by atoms with Crippen LogP contribution in [0.15, 0.2) is 34.4 Å². The number of anilines is 1. The number of carbonyl (C=O) groups is 1. The normalized spacial score (nSPS) is 10.4. The maximum atomic E-state index is 11.6. The highest BCUT2D eigenvalue weighted by molar-refractivity contribution is 7.07. The van der Waals surface area contributed by atoms with Gasteiger partial charge in [-0.05, 0) is 18.2 Å². The van der Waals surface area contributed by atoms with Crippen LogP contribution >= 0.6 is 22.9 Å². The third-order valence-electron chi connectivity index (χ3n) is 2.28. The smallest absolute Gasteiger partial charge is 0.304 e. The van der Waals surface area contributed by atoms with E-state index < -0.39 is 0 Å². The summed E-state index contributed by atoms with van der Waals surface area (Å²) < 4.78 is 0. The average Bonchev–Trinajstić information content (AvgIpc) is 2.75. The molecule has 0 saturated carbocycles. The van der Waals surface area contributed by atoms with Gasteiger partial charge in [0, 0.05) is 28.3 Å². The lowest BCUT2D eigenvalue weighted by Gasteiger charge is -2.06. The molecule has 0 unspecified atom stereocenters. The second-order valence-electron chi connectivity index (χ2n) is 3.84. The Hall–Kier alpha value is -1.63. The van der Waals surface area contributed by atoms with Crippen LogP contribution in [0.5, 0.6) is 0 Å². The number of halogens is 1. The van der Waals surface area contributed by atoms with Gasteiger partial charge in [0.05, 0.1) is 6.54 Å². The van der Waals surface area contributed by atoms with Gasteiger partial charge in [0.1, 0.15) is 0 Å². The van der Waals surface area contributed by atoms with Crippen LogP contribution in [0, 0.1) is 0 Å². The molecule has 0 aliphatic rings. The van der Waals surface area contributed by atoms with Crippen molar-refractivity contribution >= 4 is 34.5 Å². The molecule has 0 fully saturated rings. The van der Waals surface area contributed by atoms with E-state index in [0.717, 1.165) is 17.0 Å². The number of aromatic amines is 1. The summed E-state index contributed by atoms with van der Waals surface area (Å²) in [6, 6.07) is 6.94. The van der Waals surface area contributed by atoms with Gasteiger partial charge < -0.3 is 15.6 Å². The van der Waals surface area contributed by atoms with Gasteiger partial charge in [0.15, 0.2) is 0 Å². The number of benzene rings is 1. The Bertz CT molecular complexity index is 623. The zero-order valence-electron chi connectivity index (χ0n) is 9.90. The van der Waals surface area contributed by atoms with Gasteiger partial charge in [-0.2, -0.15) is 0 Å². The van der Waals surface area contributed by atoms with Gasteiger partial charge >= 0.3 is 4.87 Å². The Labute approximate surface area is 118 Å². The molecule has 0 aliphatic heterocycles. The maximum Gasteiger partial charge on any atom is 0.304 e. The third kappa shape index (κ3) is 4.51. The van der Waals surface area contributed by atoms with Crippen LogP contribution in [-0.2, 0) is 11.3 Å². The molecule has 2 rings (SSSR count). The largest absolute Gasteiger partial charge is 0.325 e. The van der Waals surface area contributed by atoms with E-state index in [9.17, 15) is 9.59 Å². The van der Waals surface area contributed by atoms with Gasteiger partial charge in [-0.1, -0.05) is 29.0 Å². The molecular weight excluding hydrogens is 286 g/mol. The van der Waals surface area contributed by atoms with Crippen LogP contribution in [0.2, 0.25) is 5.02 Å². The van der Waals surface area contributed by atoms with Crippen molar-refractivity contribution in [1.82, 2.24) is 10.3 Å². The summed E-state index contributed by atoms with van der Waals surface area (Å²) in [5.41, 5.74) is 1.42. The van der Waals surface area contributed by atoms with Crippen molar-refractivity contribution in [1.29, 1.82) is 0 Å². The van der Waals surface area contributed by atoms with Crippen LogP contribution in [0.25, 0.3) is 0 Å². The zero-order valence-corrected chi connectivity index (χ0v) is 11.5. The molecule has 0 bridgehead atoms. The molecule has 1 aromatic heterocycles. The molecule has 0 radical (unpaired) electrons. The van der Waals surface area contributed by atoms with Gasteiger partial charge in [0.25, 0.3) is 0 Å². The molecule has 5 nitrogen and oxygen atoms in total. The van der Waals surface area contributed by atoms with E-state index in [4.69, 9.17) is 11.6 Å². The molecule has 0 aliphatic carbocycles. The minimum absolute atomic E-state index is 0.0971. The fraction of sp³-hybridized carbons (Fsp3) is 0.167. The van der Waals surface area contributed by atoms with E-state index in [0.29, 0.717) is 17.3 Å². The van der Waals surface area contributed by atoms with E-state index in [1.807, 2.05) is 0 Å². The number of carbonyl (C=O) groups excluding carboxylic acids is 1. The van der Waals surface area contributed by atoms with E-state index >= 15 is 0 Å². The molecule has 19 heavy (non-hydrogen) atoms. The fourth-order valence-corrected chi connectivity index (χ4v) is 2.25. The summed E-state index contributed by atoms with van der Waals surface area (Å²) in [5, 5.41) is 7.96. The van der Waals surface area contributed by atoms with Crippen LogP contribution < -0.4 is 15.5 Å². The monoisotopic (exact) mass is 297 g/mol. The third-order valence-corrected chi connectivity index (χ3v) is 3.23. The topological polar surface area (TPSA) is 74.0 Å². The average molecular weight is 298 g/mol. The van der Waals surface area contributed by atoms with E-state index in [2.05, 4.69) is 15.6 Å². The summed E-state index contributed by atoms with van der Waals surface area (Å²) in [4.78, 5) is 25.1. The minimum Gasteiger partial charge on any atom is -0.325 e. The van der Waals surface area contributed by atoms with Crippen molar-refractivity contribution in [2.45, 2.75) is 6.54 Å². The molecule has 1 aromatic carbocycles. The maximum absolute atomic E-state index is 11.6. The van der Waals surface area contributed by atoms with Crippen molar-refractivity contribution < 1.29 is 4.79 Å². The Morgan fingerprint density at radius 3 is 2.95 bits per heavy atom. The lowest BCUT2D eigenvalue weighted by Crippen LogP contribution is -2.27. The number of aromatic nitrogens is 1. The predicted molar refractivity (Wildman–Crippen MR) is 76.7 cm³/mol. The number of H-pyrrole nitrogens is 1. The van der Waals surface area contributed by atoms with Gasteiger partial charge in [0.2, 0.25) is 5.91 Å². The van der Waals surface area contributed by atoms with E-state index in [1.54, 1.807) is 29.6 Å². The van der Waals surface area contributed by atoms with Crippen molar-refractivity contribution in [3.63, 3.8) is 0 Å². The second-order valence-corrected chi connectivity index (χ2v) is 5.11. The minimum atomic E-state index is -0.167. The first-order valence-corrected chi connectivity index (χ1v) is 6.82. The molecule has 100 valence electrons. The van der Waals surface area contributed by atoms with Gasteiger partial charge in [-0.15, -0.1) is 0 Å². The molecule has 1 heterocycles. The fourth-order valence-electron chi connectivity index (χ4n) is 1.48. The molecule has 1 amide bonds. The second kappa shape index (κ2) is 6.51.